The molecule has 0 spiro atoms. The van der Waals surface area contributed by atoms with Crippen molar-refractivity contribution in [2.45, 2.75) is 50.7 Å². The van der Waals surface area contributed by atoms with Gasteiger partial charge >= 0.3 is 0 Å². The fourth-order valence-corrected chi connectivity index (χ4v) is 4.70. The molecule has 1 aliphatic rings. The van der Waals surface area contributed by atoms with Gasteiger partial charge in [0.25, 0.3) is 0 Å². The first-order valence-corrected chi connectivity index (χ1v) is 12.3. The van der Waals surface area contributed by atoms with E-state index >= 15 is 0 Å². The zero-order valence-corrected chi connectivity index (χ0v) is 19.6. The lowest BCUT2D eigenvalue weighted by atomic mass is 10.0. The molecule has 0 bridgehead atoms. The van der Waals surface area contributed by atoms with Crippen LogP contribution in [0.1, 0.15) is 50.4 Å². The zero-order chi connectivity index (χ0) is 22.3. The van der Waals surface area contributed by atoms with E-state index in [9.17, 15) is 4.79 Å². The number of nitrogens with one attached hydrogen (secondary N) is 1. The molecule has 1 saturated heterocycles. The fourth-order valence-electron chi connectivity index (χ4n) is 3.93. The lowest BCUT2D eigenvalue weighted by Crippen LogP contribution is -2.30. The molecule has 0 radical (unpaired) electrons. The van der Waals surface area contributed by atoms with Crippen molar-refractivity contribution >= 4 is 23.4 Å². The number of aromatic nitrogens is 3. The van der Waals surface area contributed by atoms with Crippen LogP contribution in [-0.4, -0.2) is 44.4 Å². The third-order valence-electron chi connectivity index (χ3n) is 5.72. The normalized spacial score (nSPS) is 14.6. The summed E-state index contributed by atoms with van der Waals surface area (Å²) in [4.78, 5) is 15.0. The maximum atomic E-state index is 12.6. The van der Waals surface area contributed by atoms with Gasteiger partial charge in [0.15, 0.2) is 11.0 Å². The molecule has 1 N–H and O–H groups in total. The van der Waals surface area contributed by atoms with Gasteiger partial charge in [0.05, 0.1) is 12.3 Å². The molecule has 1 aliphatic heterocycles. The molecule has 6 nitrogen and oxygen atoms in total. The number of carbonyl (C=O) groups is 1. The molecule has 2 heterocycles. The third kappa shape index (κ3) is 5.78. The van der Waals surface area contributed by atoms with Crippen LogP contribution >= 0.6 is 11.8 Å². The largest absolute Gasteiger partial charge is 0.325 e. The molecule has 1 aromatic heterocycles. The van der Waals surface area contributed by atoms with Crippen LogP contribution in [0.25, 0.3) is 5.69 Å². The van der Waals surface area contributed by atoms with Crippen LogP contribution in [0, 0.1) is 0 Å². The van der Waals surface area contributed by atoms with E-state index in [1.165, 1.54) is 36.6 Å². The van der Waals surface area contributed by atoms with Crippen molar-refractivity contribution < 1.29 is 4.79 Å². The van der Waals surface area contributed by atoms with Crippen LogP contribution < -0.4 is 5.32 Å². The summed E-state index contributed by atoms with van der Waals surface area (Å²) in [6, 6.07) is 18.2. The van der Waals surface area contributed by atoms with Crippen molar-refractivity contribution in [3.05, 3.63) is 66.0 Å². The summed E-state index contributed by atoms with van der Waals surface area (Å²) in [7, 11) is 0. The first-order chi connectivity index (χ1) is 15.6. The maximum absolute atomic E-state index is 12.6. The van der Waals surface area contributed by atoms with Crippen LogP contribution in [0.15, 0.2) is 59.8 Å². The summed E-state index contributed by atoms with van der Waals surface area (Å²) in [5, 5.41) is 12.7. The van der Waals surface area contributed by atoms with E-state index in [0.29, 0.717) is 5.92 Å². The predicted molar refractivity (Wildman–Crippen MR) is 130 cm³/mol. The molecular formula is C25H31N5OS. The lowest BCUT2D eigenvalue weighted by molar-refractivity contribution is -0.113. The number of rotatable bonds is 8. The Morgan fingerprint density at radius 2 is 1.72 bits per heavy atom. The van der Waals surface area contributed by atoms with E-state index in [1.54, 1.807) is 0 Å². The Hall–Kier alpha value is -2.64. The van der Waals surface area contributed by atoms with Crippen LogP contribution in [0.3, 0.4) is 0 Å². The number of piperidine rings is 1. The van der Waals surface area contributed by atoms with Gasteiger partial charge in [0, 0.05) is 11.4 Å². The van der Waals surface area contributed by atoms with Crippen LogP contribution in [0.5, 0.6) is 0 Å². The zero-order valence-electron chi connectivity index (χ0n) is 18.8. The van der Waals surface area contributed by atoms with Gasteiger partial charge in [-0.2, -0.15) is 0 Å². The summed E-state index contributed by atoms with van der Waals surface area (Å²) in [6.45, 7) is 7.29. The number of thioether (sulfide) groups is 1. The van der Waals surface area contributed by atoms with E-state index in [4.69, 9.17) is 0 Å². The van der Waals surface area contributed by atoms with E-state index in [2.05, 4.69) is 63.1 Å². The SMILES string of the molecule is CC(C)c1ccc(NC(=O)CSc2nnc(CN3CCCCC3)n2-c2ccccc2)cc1. The minimum absolute atomic E-state index is 0.0486. The average Bonchev–Trinajstić information content (AvgIpc) is 3.21. The van der Waals surface area contributed by atoms with Crippen molar-refractivity contribution in [2.75, 3.05) is 24.2 Å². The molecule has 2 aromatic carbocycles. The second-order valence-corrected chi connectivity index (χ2v) is 9.46. The average molecular weight is 450 g/mol. The highest BCUT2D eigenvalue weighted by Crippen LogP contribution is 2.24. The molecule has 4 rings (SSSR count). The molecule has 32 heavy (non-hydrogen) atoms. The van der Waals surface area contributed by atoms with Crippen molar-refractivity contribution in [3.8, 4) is 5.69 Å². The van der Waals surface area contributed by atoms with Gasteiger partial charge in [0.2, 0.25) is 5.91 Å². The molecule has 0 saturated carbocycles. The van der Waals surface area contributed by atoms with Gasteiger partial charge < -0.3 is 5.32 Å². The lowest BCUT2D eigenvalue weighted by Gasteiger charge is -2.26. The van der Waals surface area contributed by atoms with Crippen LogP contribution in [0.4, 0.5) is 5.69 Å². The molecule has 0 aliphatic carbocycles. The molecular weight excluding hydrogens is 418 g/mol. The van der Waals surface area contributed by atoms with Gasteiger partial charge in [-0.05, 0) is 61.7 Å². The molecule has 168 valence electrons. The Balaban J connectivity index is 1.44. The van der Waals surface area contributed by atoms with Crippen molar-refractivity contribution in [1.82, 2.24) is 19.7 Å². The maximum Gasteiger partial charge on any atom is 0.234 e. The van der Waals surface area contributed by atoms with Gasteiger partial charge in [-0.1, -0.05) is 62.4 Å². The number of carbonyl (C=O) groups excluding carboxylic acids is 1. The summed E-state index contributed by atoms with van der Waals surface area (Å²) in [5.74, 6) is 1.62. The van der Waals surface area contributed by atoms with Crippen molar-refractivity contribution in [1.29, 1.82) is 0 Å². The van der Waals surface area contributed by atoms with E-state index in [-0.39, 0.29) is 11.7 Å². The second kappa shape index (κ2) is 10.8. The van der Waals surface area contributed by atoms with E-state index < -0.39 is 0 Å². The number of anilines is 1. The molecule has 1 fully saturated rings. The van der Waals surface area contributed by atoms with Crippen LogP contribution in [-0.2, 0) is 11.3 Å². The van der Waals surface area contributed by atoms with Gasteiger partial charge in [-0.25, -0.2) is 0 Å². The highest BCUT2D eigenvalue weighted by atomic mass is 32.2. The number of likely N-dealkylation sites (tertiary alicyclic amines) is 1. The van der Waals surface area contributed by atoms with Crippen molar-refractivity contribution in [2.24, 2.45) is 0 Å². The molecule has 3 aromatic rings. The number of hydrogen-bond acceptors (Lipinski definition) is 5. The smallest absolute Gasteiger partial charge is 0.234 e. The van der Waals surface area contributed by atoms with E-state index in [0.717, 1.165) is 42.0 Å². The van der Waals surface area contributed by atoms with Crippen LogP contribution in [0.2, 0.25) is 0 Å². The minimum atomic E-state index is -0.0486. The number of nitrogens with zero attached hydrogens (tertiary/aromatic N) is 4. The number of benzene rings is 2. The van der Waals surface area contributed by atoms with Crippen molar-refractivity contribution in [3.63, 3.8) is 0 Å². The number of amides is 1. The van der Waals surface area contributed by atoms with Gasteiger partial charge in [0.1, 0.15) is 0 Å². The van der Waals surface area contributed by atoms with Gasteiger partial charge in [-0.15, -0.1) is 10.2 Å². The Morgan fingerprint density at radius 3 is 2.41 bits per heavy atom. The quantitative estimate of drug-likeness (QED) is 0.484. The fraction of sp³-hybridized carbons (Fsp3) is 0.400. The molecule has 7 heteroatoms. The Bertz CT molecular complexity index is 1010. The summed E-state index contributed by atoms with van der Waals surface area (Å²) in [5.41, 5.74) is 3.10. The standard InChI is InChI=1S/C25H31N5OS/c1-19(2)20-11-13-21(14-12-20)26-24(31)18-32-25-28-27-23(17-29-15-7-4-8-16-29)30(25)22-9-5-3-6-10-22/h3,5-6,9-14,19H,4,7-8,15-18H2,1-2H3,(H,26,31). The number of hydrogen-bond donors (Lipinski definition) is 1. The number of para-hydroxylation sites is 1. The van der Waals surface area contributed by atoms with Gasteiger partial charge in [-0.3, -0.25) is 14.3 Å². The molecule has 1 amide bonds. The molecule has 0 unspecified atom stereocenters. The summed E-state index contributed by atoms with van der Waals surface area (Å²) < 4.78 is 2.09. The summed E-state index contributed by atoms with van der Waals surface area (Å²) >= 11 is 1.42. The third-order valence-corrected chi connectivity index (χ3v) is 6.65. The summed E-state index contributed by atoms with van der Waals surface area (Å²) in [6.07, 6.45) is 3.77. The first kappa shape index (κ1) is 22.6. The second-order valence-electron chi connectivity index (χ2n) is 8.52. The highest BCUT2D eigenvalue weighted by molar-refractivity contribution is 7.99. The Kier molecular flexibility index (Phi) is 7.60. The van der Waals surface area contributed by atoms with E-state index in [1.807, 2.05) is 30.3 Å². The Labute approximate surface area is 194 Å². The monoisotopic (exact) mass is 449 g/mol. The minimum Gasteiger partial charge on any atom is -0.325 e. The Morgan fingerprint density at radius 1 is 1.00 bits per heavy atom. The molecule has 0 atom stereocenters. The predicted octanol–water partition coefficient (Wildman–Crippen LogP) is 5.11. The topological polar surface area (TPSA) is 63.1 Å². The highest BCUT2D eigenvalue weighted by Gasteiger charge is 2.19. The first-order valence-electron chi connectivity index (χ1n) is 11.3.